The molecule has 1 unspecified atom stereocenters. The van der Waals surface area contributed by atoms with E-state index in [2.05, 4.69) is 0 Å². The van der Waals surface area contributed by atoms with Crippen LogP contribution in [0.5, 0.6) is 5.75 Å². The first kappa shape index (κ1) is 14.4. The summed E-state index contributed by atoms with van der Waals surface area (Å²) in [6.45, 7) is 0. The van der Waals surface area contributed by atoms with Crippen molar-refractivity contribution in [2.24, 2.45) is 5.92 Å². The number of rotatable bonds is 4. The number of hydrogen-bond donors (Lipinski definition) is 0. The number of allylic oxidation sites excluding steroid dienone is 5. The lowest BCUT2D eigenvalue weighted by atomic mass is 9.93. The highest BCUT2D eigenvalue weighted by Crippen LogP contribution is 2.30. The maximum atomic E-state index is 13.2. The summed E-state index contributed by atoms with van der Waals surface area (Å²) in [5.74, 6) is -0.264. The van der Waals surface area contributed by atoms with Crippen molar-refractivity contribution in [3.8, 4) is 5.75 Å². The maximum Gasteiger partial charge on any atom is 0.263 e. The van der Waals surface area contributed by atoms with Gasteiger partial charge in [-0.1, -0.05) is 30.4 Å². The lowest BCUT2D eigenvalue weighted by Crippen LogP contribution is -2.08. The first-order valence-corrected chi connectivity index (χ1v) is 6.27. The first-order chi connectivity index (χ1) is 9.60. The second kappa shape index (κ2) is 6.46. The zero-order valence-electron chi connectivity index (χ0n) is 11.0. The Morgan fingerprint density at radius 3 is 2.55 bits per heavy atom. The molecule has 2 rings (SSSR count). The number of benzene rings is 1. The molecule has 1 aliphatic carbocycles. The Morgan fingerprint density at radius 2 is 1.95 bits per heavy atom. The van der Waals surface area contributed by atoms with E-state index in [0.29, 0.717) is 0 Å². The number of ether oxygens (including phenoxy) is 1. The summed E-state index contributed by atoms with van der Waals surface area (Å²) in [7, 11) is 1.59. The van der Waals surface area contributed by atoms with Crippen molar-refractivity contribution >= 4 is 6.08 Å². The van der Waals surface area contributed by atoms with E-state index in [1.54, 1.807) is 19.3 Å². The Bertz CT molecular complexity index is 541. The van der Waals surface area contributed by atoms with Crippen molar-refractivity contribution in [1.29, 1.82) is 0 Å². The largest absolute Gasteiger partial charge is 0.497 e. The fourth-order valence-corrected chi connectivity index (χ4v) is 2.01. The molecule has 0 radical (unpaired) electrons. The van der Waals surface area contributed by atoms with Gasteiger partial charge in [0, 0.05) is 5.57 Å². The van der Waals surface area contributed by atoms with E-state index in [9.17, 15) is 13.2 Å². The Hall–Kier alpha value is -1.97. The van der Waals surface area contributed by atoms with Crippen molar-refractivity contribution in [3.63, 3.8) is 0 Å². The zero-order chi connectivity index (χ0) is 14.5. The Balaban J connectivity index is 2.04. The number of methoxy groups -OCH3 is 1. The Labute approximate surface area is 116 Å². The molecule has 1 aromatic carbocycles. The van der Waals surface area contributed by atoms with Gasteiger partial charge in [-0.3, -0.25) is 0 Å². The molecule has 0 spiro atoms. The van der Waals surface area contributed by atoms with E-state index >= 15 is 0 Å². The van der Waals surface area contributed by atoms with Gasteiger partial charge >= 0.3 is 0 Å². The van der Waals surface area contributed by atoms with Crippen LogP contribution >= 0.6 is 0 Å². The molecule has 4 heteroatoms. The van der Waals surface area contributed by atoms with E-state index in [1.165, 1.54) is 0 Å². The number of alkyl halides is 2. The summed E-state index contributed by atoms with van der Waals surface area (Å²) in [4.78, 5) is 0. The molecule has 1 atom stereocenters. The molecule has 0 N–H and O–H groups in total. The van der Waals surface area contributed by atoms with Gasteiger partial charge in [-0.15, -0.1) is 0 Å². The van der Waals surface area contributed by atoms with E-state index in [0.717, 1.165) is 17.4 Å². The lowest BCUT2D eigenvalue weighted by Gasteiger charge is -2.16. The molecule has 0 amide bonds. The first-order valence-electron chi connectivity index (χ1n) is 6.27. The fourth-order valence-electron chi connectivity index (χ4n) is 2.01. The van der Waals surface area contributed by atoms with Crippen LogP contribution in [0, 0.1) is 5.92 Å². The predicted octanol–water partition coefficient (Wildman–Crippen LogP) is 4.77. The van der Waals surface area contributed by atoms with Gasteiger partial charge in [0.05, 0.1) is 7.11 Å². The van der Waals surface area contributed by atoms with Gasteiger partial charge in [0.25, 0.3) is 6.43 Å². The van der Waals surface area contributed by atoms with Crippen LogP contribution in [-0.4, -0.2) is 13.5 Å². The topological polar surface area (TPSA) is 9.23 Å². The third-order valence-corrected chi connectivity index (χ3v) is 3.17. The molecular formula is C16H15F3O. The van der Waals surface area contributed by atoms with Gasteiger partial charge in [-0.25, -0.2) is 13.2 Å². The molecule has 1 nitrogen and oxygen atoms in total. The quantitative estimate of drug-likeness (QED) is 0.771. The highest BCUT2D eigenvalue weighted by atomic mass is 19.3. The molecule has 0 heterocycles. The second-order valence-electron chi connectivity index (χ2n) is 4.53. The Morgan fingerprint density at radius 1 is 1.25 bits per heavy atom. The average molecular weight is 280 g/mol. The van der Waals surface area contributed by atoms with Crippen LogP contribution in [0.2, 0.25) is 0 Å². The Kier molecular flexibility index (Phi) is 4.66. The molecule has 0 bridgehead atoms. The summed E-state index contributed by atoms with van der Waals surface area (Å²) in [6.07, 6.45) is 3.63. The predicted molar refractivity (Wildman–Crippen MR) is 73.4 cm³/mol. The molecule has 0 saturated carbocycles. The van der Waals surface area contributed by atoms with Crippen LogP contribution in [-0.2, 0) is 0 Å². The number of halogens is 3. The molecular weight excluding hydrogens is 265 g/mol. The van der Waals surface area contributed by atoms with Gasteiger partial charge in [0.2, 0.25) is 0 Å². The maximum absolute atomic E-state index is 13.2. The minimum Gasteiger partial charge on any atom is -0.497 e. The van der Waals surface area contributed by atoms with Crippen LogP contribution in [0.3, 0.4) is 0 Å². The number of hydrogen-bond acceptors (Lipinski definition) is 1. The van der Waals surface area contributed by atoms with Crippen molar-refractivity contribution in [1.82, 2.24) is 0 Å². The molecule has 0 aromatic heterocycles. The van der Waals surface area contributed by atoms with E-state index in [1.807, 2.05) is 30.3 Å². The standard InChI is InChI=1S/C16H15F3O/c1-20-13-7-4-11(5-8-13)2-3-12-6-9-15(17)14(10-12)16(18)19/h2-9,12,16H,10H2,1H3/b3-2+. The van der Waals surface area contributed by atoms with E-state index in [-0.39, 0.29) is 12.3 Å². The van der Waals surface area contributed by atoms with Gasteiger partial charge in [-0.2, -0.15) is 0 Å². The molecule has 0 saturated heterocycles. The minimum atomic E-state index is -2.74. The minimum absolute atomic E-state index is 0.0205. The average Bonchev–Trinajstić information content (AvgIpc) is 2.46. The second-order valence-corrected chi connectivity index (χ2v) is 4.53. The molecule has 1 aliphatic rings. The highest BCUT2D eigenvalue weighted by molar-refractivity contribution is 5.51. The summed E-state index contributed by atoms with van der Waals surface area (Å²) in [5.41, 5.74) is 0.518. The SMILES string of the molecule is COc1ccc(/C=C/C2C=CC(F)=C(C(F)F)C2)cc1. The van der Waals surface area contributed by atoms with Crippen LogP contribution in [0.25, 0.3) is 6.08 Å². The highest BCUT2D eigenvalue weighted by Gasteiger charge is 2.21. The van der Waals surface area contributed by atoms with Crippen molar-refractivity contribution in [3.05, 3.63) is 59.5 Å². The van der Waals surface area contributed by atoms with Crippen LogP contribution < -0.4 is 4.74 Å². The van der Waals surface area contributed by atoms with Crippen molar-refractivity contribution in [2.45, 2.75) is 12.8 Å². The summed E-state index contributed by atoms with van der Waals surface area (Å²) < 4.78 is 43.5. The summed E-state index contributed by atoms with van der Waals surface area (Å²) >= 11 is 0. The molecule has 0 aliphatic heterocycles. The smallest absolute Gasteiger partial charge is 0.263 e. The third kappa shape index (κ3) is 3.53. The van der Waals surface area contributed by atoms with Crippen molar-refractivity contribution in [2.75, 3.05) is 7.11 Å². The zero-order valence-corrected chi connectivity index (χ0v) is 11.0. The summed E-state index contributed by atoms with van der Waals surface area (Å²) in [5, 5.41) is 0. The van der Waals surface area contributed by atoms with Gasteiger partial charge in [0.1, 0.15) is 11.6 Å². The lowest BCUT2D eigenvalue weighted by molar-refractivity contribution is 0.179. The van der Waals surface area contributed by atoms with Gasteiger partial charge < -0.3 is 4.74 Å². The van der Waals surface area contributed by atoms with Crippen LogP contribution in [0.4, 0.5) is 13.2 Å². The summed E-state index contributed by atoms with van der Waals surface area (Å²) in [6, 6.07) is 7.37. The van der Waals surface area contributed by atoms with Crippen LogP contribution in [0.15, 0.2) is 53.9 Å². The van der Waals surface area contributed by atoms with Crippen LogP contribution in [0.1, 0.15) is 12.0 Å². The molecule has 106 valence electrons. The molecule has 0 fully saturated rings. The van der Waals surface area contributed by atoms with E-state index < -0.39 is 17.8 Å². The van der Waals surface area contributed by atoms with Crippen molar-refractivity contribution < 1.29 is 17.9 Å². The van der Waals surface area contributed by atoms with Gasteiger partial charge in [0.15, 0.2) is 0 Å². The monoisotopic (exact) mass is 280 g/mol. The fraction of sp³-hybridized carbons (Fsp3) is 0.250. The normalized spacial score (nSPS) is 19.1. The third-order valence-electron chi connectivity index (χ3n) is 3.17. The van der Waals surface area contributed by atoms with Gasteiger partial charge in [-0.05, 0) is 36.1 Å². The molecule has 20 heavy (non-hydrogen) atoms. The van der Waals surface area contributed by atoms with E-state index in [4.69, 9.17) is 4.74 Å². The molecule has 1 aromatic rings.